The van der Waals surface area contributed by atoms with Crippen molar-refractivity contribution in [2.24, 2.45) is 11.7 Å². The summed E-state index contributed by atoms with van der Waals surface area (Å²) in [6.45, 7) is 3.85. The summed E-state index contributed by atoms with van der Waals surface area (Å²) in [5, 5.41) is 0. The van der Waals surface area contributed by atoms with E-state index in [2.05, 4.69) is 11.9 Å². The first kappa shape index (κ1) is 12.9. The first-order valence-corrected chi connectivity index (χ1v) is 5.76. The molecule has 0 aromatic carbocycles. The van der Waals surface area contributed by atoms with Crippen LogP contribution >= 0.6 is 0 Å². The standard InChI is InChI=1S/C11H24N2O2/c1-13(5-6-15-8-7-14-2)11(9-12)10-3-4-10/h10-11H,3-9,12H2,1-2H3. The number of nitrogens with zero attached hydrogens (tertiary/aromatic N) is 1. The molecule has 0 bridgehead atoms. The Morgan fingerprint density at radius 1 is 1.33 bits per heavy atom. The van der Waals surface area contributed by atoms with Gasteiger partial charge in [0, 0.05) is 26.2 Å². The molecular weight excluding hydrogens is 192 g/mol. The van der Waals surface area contributed by atoms with Crippen LogP contribution in [0, 0.1) is 5.92 Å². The molecule has 1 aliphatic rings. The maximum Gasteiger partial charge on any atom is 0.0700 e. The fraction of sp³-hybridized carbons (Fsp3) is 1.00. The van der Waals surface area contributed by atoms with Gasteiger partial charge in [-0.2, -0.15) is 0 Å². The lowest BCUT2D eigenvalue weighted by atomic mass is 10.1. The lowest BCUT2D eigenvalue weighted by Crippen LogP contribution is -2.41. The molecule has 1 unspecified atom stereocenters. The molecule has 0 radical (unpaired) electrons. The summed E-state index contributed by atoms with van der Waals surface area (Å²) in [5.41, 5.74) is 5.76. The molecule has 15 heavy (non-hydrogen) atoms. The second kappa shape index (κ2) is 7.17. The minimum atomic E-state index is 0.552. The van der Waals surface area contributed by atoms with E-state index < -0.39 is 0 Å². The van der Waals surface area contributed by atoms with Crippen LogP contribution in [0.3, 0.4) is 0 Å². The summed E-state index contributed by atoms with van der Waals surface area (Å²) in [6.07, 6.45) is 2.69. The Labute approximate surface area is 92.7 Å². The molecule has 0 heterocycles. The molecule has 0 aromatic heterocycles. The molecule has 90 valence electrons. The van der Waals surface area contributed by atoms with Gasteiger partial charge in [0.25, 0.3) is 0 Å². The molecule has 1 aliphatic carbocycles. The smallest absolute Gasteiger partial charge is 0.0700 e. The van der Waals surface area contributed by atoms with Gasteiger partial charge >= 0.3 is 0 Å². The number of nitrogens with two attached hydrogens (primary N) is 1. The van der Waals surface area contributed by atoms with Crippen molar-refractivity contribution >= 4 is 0 Å². The van der Waals surface area contributed by atoms with E-state index in [1.54, 1.807) is 7.11 Å². The van der Waals surface area contributed by atoms with Crippen LogP contribution in [0.1, 0.15) is 12.8 Å². The molecule has 0 spiro atoms. The highest BCUT2D eigenvalue weighted by Crippen LogP contribution is 2.34. The van der Waals surface area contributed by atoms with E-state index in [1.165, 1.54) is 12.8 Å². The van der Waals surface area contributed by atoms with Crippen molar-refractivity contribution in [2.45, 2.75) is 18.9 Å². The quantitative estimate of drug-likeness (QED) is 0.564. The van der Waals surface area contributed by atoms with E-state index in [0.717, 1.165) is 25.6 Å². The predicted octanol–water partition coefficient (Wildman–Crippen LogP) is 0.319. The van der Waals surface area contributed by atoms with Crippen LogP contribution in [0.5, 0.6) is 0 Å². The largest absolute Gasteiger partial charge is 0.382 e. The highest BCUT2D eigenvalue weighted by molar-refractivity contribution is 4.87. The van der Waals surface area contributed by atoms with Gasteiger partial charge in [-0.05, 0) is 25.8 Å². The zero-order valence-corrected chi connectivity index (χ0v) is 9.95. The van der Waals surface area contributed by atoms with Crippen molar-refractivity contribution in [3.8, 4) is 0 Å². The third kappa shape index (κ3) is 4.93. The molecule has 0 aliphatic heterocycles. The van der Waals surface area contributed by atoms with E-state index in [1.807, 2.05) is 0 Å². The first-order valence-electron chi connectivity index (χ1n) is 5.76. The normalized spacial score (nSPS) is 18.4. The molecule has 1 saturated carbocycles. The van der Waals surface area contributed by atoms with Gasteiger partial charge in [-0.1, -0.05) is 0 Å². The summed E-state index contributed by atoms with van der Waals surface area (Å²) >= 11 is 0. The Balaban J connectivity index is 2.03. The van der Waals surface area contributed by atoms with Crippen molar-refractivity contribution in [2.75, 3.05) is 47.1 Å². The molecule has 1 fully saturated rings. The first-order chi connectivity index (χ1) is 7.29. The molecular formula is C11H24N2O2. The van der Waals surface area contributed by atoms with Crippen molar-refractivity contribution < 1.29 is 9.47 Å². The van der Waals surface area contributed by atoms with Crippen molar-refractivity contribution in [1.82, 2.24) is 4.90 Å². The number of methoxy groups -OCH3 is 1. The molecule has 1 atom stereocenters. The number of hydrogen-bond donors (Lipinski definition) is 1. The average Bonchev–Trinajstić information content (AvgIpc) is 3.03. The SMILES string of the molecule is COCCOCCN(C)C(CN)C1CC1. The lowest BCUT2D eigenvalue weighted by molar-refractivity contribution is 0.0537. The van der Waals surface area contributed by atoms with E-state index in [0.29, 0.717) is 19.3 Å². The molecule has 1 rings (SSSR count). The summed E-state index contributed by atoms with van der Waals surface area (Å²) in [7, 11) is 3.82. The van der Waals surface area contributed by atoms with Crippen LogP contribution in [-0.4, -0.2) is 58.0 Å². The fourth-order valence-electron chi connectivity index (χ4n) is 1.83. The second-order valence-corrected chi connectivity index (χ2v) is 4.23. The Morgan fingerprint density at radius 2 is 2.07 bits per heavy atom. The van der Waals surface area contributed by atoms with Crippen LogP contribution in [0.4, 0.5) is 0 Å². The zero-order valence-electron chi connectivity index (χ0n) is 9.95. The molecule has 4 heteroatoms. The fourth-order valence-corrected chi connectivity index (χ4v) is 1.83. The van der Waals surface area contributed by atoms with Gasteiger partial charge in [0.1, 0.15) is 0 Å². The van der Waals surface area contributed by atoms with E-state index in [4.69, 9.17) is 15.2 Å². The van der Waals surface area contributed by atoms with Crippen LogP contribution in [0.2, 0.25) is 0 Å². The highest BCUT2D eigenvalue weighted by atomic mass is 16.5. The van der Waals surface area contributed by atoms with E-state index in [-0.39, 0.29) is 0 Å². The van der Waals surface area contributed by atoms with Gasteiger partial charge in [0.15, 0.2) is 0 Å². The van der Waals surface area contributed by atoms with Crippen LogP contribution in [0.15, 0.2) is 0 Å². The van der Waals surface area contributed by atoms with Gasteiger partial charge in [0.05, 0.1) is 19.8 Å². The molecule has 0 amide bonds. The summed E-state index contributed by atoms with van der Waals surface area (Å²) in [4.78, 5) is 2.32. The molecule has 4 nitrogen and oxygen atoms in total. The van der Waals surface area contributed by atoms with Gasteiger partial charge < -0.3 is 15.2 Å². The second-order valence-electron chi connectivity index (χ2n) is 4.23. The molecule has 0 saturated heterocycles. The number of hydrogen-bond acceptors (Lipinski definition) is 4. The summed E-state index contributed by atoms with van der Waals surface area (Å²) < 4.78 is 10.3. The highest BCUT2D eigenvalue weighted by Gasteiger charge is 2.32. The summed E-state index contributed by atoms with van der Waals surface area (Å²) in [5.74, 6) is 0.832. The number of ether oxygens (including phenoxy) is 2. The van der Waals surface area contributed by atoms with Crippen molar-refractivity contribution in [3.05, 3.63) is 0 Å². The average molecular weight is 216 g/mol. The van der Waals surface area contributed by atoms with E-state index in [9.17, 15) is 0 Å². The van der Waals surface area contributed by atoms with Gasteiger partial charge in [-0.25, -0.2) is 0 Å². The Bertz CT molecular complexity index is 163. The predicted molar refractivity (Wildman–Crippen MR) is 60.9 cm³/mol. The van der Waals surface area contributed by atoms with Crippen LogP contribution < -0.4 is 5.73 Å². The lowest BCUT2D eigenvalue weighted by Gasteiger charge is -2.26. The third-order valence-electron chi connectivity index (χ3n) is 2.99. The number of likely N-dealkylation sites (N-methyl/N-ethyl adjacent to an activating group) is 1. The minimum absolute atomic E-state index is 0.552. The molecule has 0 aromatic rings. The maximum absolute atomic E-state index is 5.76. The molecule has 2 N–H and O–H groups in total. The van der Waals surface area contributed by atoms with Crippen molar-refractivity contribution in [3.63, 3.8) is 0 Å². The van der Waals surface area contributed by atoms with E-state index >= 15 is 0 Å². The maximum atomic E-state index is 5.76. The van der Waals surface area contributed by atoms with Gasteiger partial charge in [0.2, 0.25) is 0 Å². The minimum Gasteiger partial charge on any atom is -0.382 e. The monoisotopic (exact) mass is 216 g/mol. The van der Waals surface area contributed by atoms with Crippen LogP contribution in [0.25, 0.3) is 0 Å². The third-order valence-corrected chi connectivity index (χ3v) is 2.99. The zero-order chi connectivity index (χ0) is 11.1. The topological polar surface area (TPSA) is 47.7 Å². The Kier molecular flexibility index (Phi) is 6.17. The Hall–Kier alpha value is -0.160. The van der Waals surface area contributed by atoms with Crippen molar-refractivity contribution in [1.29, 1.82) is 0 Å². The number of rotatable bonds is 9. The van der Waals surface area contributed by atoms with Crippen LogP contribution in [-0.2, 0) is 9.47 Å². The summed E-state index contributed by atoms with van der Waals surface area (Å²) in [6, 6.07) is 0.552. The van der Waals surface area contributed by atoms with Gasteiger partial charge in [-0.3, -0.25) is 4.90 Å². The Morgan fingerprint density at radius 3 is 2.60 bits per heavy atom. The van der Waals surface area contributed by atoms with Gasteiger partial charge in [-0.15, -0.1) is 0 Å².